The van der Waals surface area contributed by atoms with Gasteiger partial charge in [0, 0.05) is 46.5 Å². The summed E-state index contributed by atoms with van der Waals surface area (Å²) in [5.41, 5.74) is 7.34. The lowest BCUT2D eigenvalue weighted by atomic mass is 9.81. The first-order valence-electron chi connectivity index (χ1n) is 18.5. The minimum absolute atomic E-state index is 0.0206. The molecule has 0 atom stereocenters. The average Bonchev–Trinajstić information content (AvgIpc) is 3.70. The van der Waals surface area contributed by atoms with Crippen LogP contribution in [0.1, 0.15) is 106 Å². The van der Waals surface area contributed by atoms with Crippen molar-refractivity contribution in [1.29, 1.82) is 0 Å². The number of nitrogens with one attached hydrogen (secondary N) is 3. The van der Waals surface area contributed by atoms with E-state index in [-0.39, 0.29) is 16.9 Å². The van der Waals surface area contributed by atoms with E-state index in [0.717, 1.165) is 48.5 Å². The van der Waals surface area contributed by atoms with Gasteiger partial charge in [-0.25, -0.2) is 0 Å². The van der Waals surface area contributed by atoms with Gasteiger partial charge in [0.1, 0.15) is 5.54 Å². The molecule has 1 aromatic heterocycles. The SMILES string of the molecule is CC.CCSC(=O)/C=C/c1ccc(NC(=O)C2(NC(=O)c3ccc4c(C5CCCCC5)c5n(c4c3)CCNc3ccccc3-5)CCCC2)cc1. The Hall–Kier alpha value is -4.30. The highest BCUT2D eigenvalue weighted by atomic mass is 32.2. The topological polar surface area (TPSA) is 92.2 Å². The number of hydrogen-bond donors (Lipinski definition) is 3. The number of aromatic nitrogens is 1. The van der Waals surface area contributed by atoms with Crippen molar-refractivity contribution in [1.82, 2.24) is 9.88 Å². The van der Waals surface area contributed by atoms with Crippen LogP contribution in [0.25, 0.3) is 28.2 Å². The molecule has 0 bridgehead atoms. The molecule has 3 N–H and O–H groups in total. The Morgan fingerprint density at radius 1 is 0.940 bits per heavy atom. The number of amides is 2. The van der Waals surface area contributed by atoms with Crippen molar-refractivity contribution in [3.8, 4) is 11.3 Å². The van der Waals surface area contributed by atoms with Crippen molar-refractivity contribution in [3.63, 3.8) is 0 Å². The Balaban J connectivity index is 0.00000212. The highest BCUT2D eigenvalue weighted by Gasteiger charge is 2.43. The van der Waals surface area contributed by atoms with Crippen LogP contribution in [0.2, 0.25) is 0 Å². The Morgan fingerprint density at radius 3 is 2.42 bits per heavy atom. The minimum atomic E-state index is -0.972. The number of rotatable bonds is 8. The number of carbonyl (C=O) groups excluding carboxylic acids is 3. The number of anilines is 2. The Morgan fingerprint density at radius 2 is 1.68 bits per heavy atom. The number of para-hydroxylation sites is 1. The number of carbonyl (C=O) groups is 3. The highest BCUT2D eigenvalue weighted by molar-refractivity contribution is 8.14. The maximum Gasteiger partial charge on any atom is 0.252 e. The van der Waals surface area contributed by atoms with E-state index in [0.29, 0.717) is 30.0 Å². The van der Waals surface area contributed by atoms with E-state index in [9.17, 15) is 14.4 Å². The van der Waals surface area contributed by atoms with Crippen molar-refractivity contribution in [2.75, 3.05) is 22.9 Å². The molecule has 4 aromatic rings. The van der Waals surface area contributed by atoms with Gasteiger partial charge in [-0.3, -0.25) is 14.4 Å². The molecule has 2 amide bonds. The molecule has 2 heterocycles. The number of nitrogens with zero attached hydrogens (tertiary/aromatic N) is 1. The molecule has 0 saturated heterocycles. The van der Waals surface area contributed by atoms with Crippen molar-refractivity contribution in [2.24, 2.45) is 0 Å². The molecule has 3 aromatic carbocycles. The summed E-state index contributed by atoms with van der Waals surface area (Å²) in [5, 5.41) is 11.2. The fourth-order valence-electron chi connectivity index (χ4n) is 7.95. The van der Waals surface area contributed by atoms with E-state index in [4.69, 9.17) is 0 Å². The third-order valence-electron chi connectivity index (χ3n) is 10.3. The fraction of sp³-hybridized carbons (Fsp3) is 0.405. The first-order chi connectivity index (χ1) is 24.5. The van der Waals surface area contributed by atoms with Gasteiger partial charge in [-0.2, -0.15) is 0 Å². The zero-order valence-corrected chi connectivity index (χ0v) is 30.5. The predicted molar refractivity (Wildman–Crippen MR) is 209 cm³/mol. The second-order valence-electron chi connectivity index (χ2n) is 13.4. The van der Waals surface area contributed by atoms with E-state index in [1.807, 2.05) is 57.2 Å². The highest BCUT2D eigenvalue weighted by Crippen LogP contribution is 2.46. The van der Waals surface area contributed by atoms with Crippen LogP contribution in [0.15, 0.2) is 72.8 Å². The maximum absolute atomic E-state index is 14.0. The van der Waals surface area contributed by atoms with Gasteiger partial charge in [0.15, 0.2) is 0 Å². The molecule has 3 aliphatic rings. The summed E-state index contributed by atoms with van der Waals surface area (Å²) >= 11 is 1.27. The molecule has 1 aliphatic heterocycles. The van der Waals surface area contributed by atoms with Gasteiger partial charge < -0.3 is 20.5 Å². The van der Waals surface area contributed by atoms with Gasteiger partial charge in [0.25, 0.3) is 5.91 Å². The van der Waals surface area contributed by atoms with Crippen molar-refractivity contribution in [2.45, 2.75) is 96.6 Å². The van der Waals surface area contributed by atoms with Crippen LogP contribution < -0.4 is 16.0 Å². The molecule has 0 unspecified atom stereocenters. The molecule has 7 nitrogen and oxygen atoms in total. The zero-order chi connectivity index (χ0) is 35.1. The molecule has 0 spiro atoms. The summed E-state index contributed by atoms with van der Waals surface area (Å²) in [6.45, 7) is 7.57. The normalized spacial score (nSPS) is 16.8. The molecular formula is C42H50N4O3S. The van der Waals surface area contributed by atoms with Gasteiger partial charge in [0.2, 0.25) is 11.0 Å². The molecule has 2 aliphatic carbocycles. The molecular weight excluding hydrogens is 641 g/mol. The van der Waals surface area contributed by atoms with E-state index in [2.05, 4.69) is 50.8 Å². The summed E-state index contributed by atoms with van der Waals surface area (Å²) in [6, 6.07) is 22.2. The van der Waals surface area contributed by atoms with Gasteiger partial charge in [0.05, 0.1) is 5.69 Å². The van der Waals surface area contributed by atoms with Crippen LogP contribution in [0.3, 0.4) is 0 Å². The van der Waals surface area contributed by atoms with E-state index in [1.54, 1.807) is 12.2 Å². The minimum Gasteiger partial charge on any atom is -0.383 e. The molecule has 50 heavy (non-hydrogen) atoms. The number of fused-ring (bicyclic) bond motifs is 5. The van der Waals surface area contributed by atoms with E-state index >= 15 is 0 Å². The molecule has 2 fully saturated rings. The standard InChI is InChI=1S/C40H44N4O3S.C2H6/c1-2-48-35(45)21-16-27-14-18-30(19-15-27)42-39(47)40(22-8-9-23-40)43-38(46)29-17-20-32-34(26-29)44-25-24-41-33-13-7-6-12-31(33)37(44)36(32)28-10-4-3-5-11-28;1-2/h6-7,12-21,26,28,41H,2-5,8-11,22-25H2,1H3,(H,42,47)(H,43,46);1-2H3/b21-16+;. The Bertz CT molecular complexity index is 1860. The molecule has 262 valence electrons. The summed E-state index contributed by atoms with van der Waals surface area (Å²) in [4.78, 5) is 39.7. The van der Waals surface area contributed by atoms with Gasteiger partial charge in [-0.05, 0) is 84.9 Å². The largest absolute Gasteiger partial charge is 0.383 e. The summed E-state index contributed by atoms with van der Waals surface area (Å²) in [6.07, 6.45) is 12.5. The van der Waals surface area contributed by atoms with Crippen LogP contribution >= 0.6 is 11.8 Å². The maximum atomic E-state index is 14.0. The average molecular weight is 691 g/mol. The van der Waals surface area contributed by atoms with Crippen molar-refractivity contribution in [3.05, 3.63) is 89.5 Å². The fourth-order valence-corrected chi connectivity index (χ4v) is 8.40. The number of benzene rings is 3. The lowest BCUT2D eigenvalue weighted by Gasteiger charge is -2.29. The summed E-state index contributed by atoms with van der Waals surface area (Å²) < 4.78 is 2.42. The zero-order valence-electron chi connectivity index (χ0n) is 29.6. The van der Waals surface area contributed by atoms with E-state index in [1.165, 1.54) is 66.1 Å². The van der Waals surface area contributed by atoms with Crippen LogP contribution in [-0.2, 0) is 16.1 Å². The monoisotopic (exact) mass is 690 g/mol. The van der Waals surface area contributed by atoms with Crippen LogP contribution in [0.4, 0.5) is 11.4 Å². The molecule has 2 saturated carbocycles. The Labute approximate surface area is 300 Å². The third-order valence-corrected chi connectivity index (χ3v) is 11.0. The molecule has 0 radical (unpaired) electrons. The van der Waals surface area contributed by atoms with Crippen molar-refractivity contribution < 1.29 is 14.4 Å². The lowest BCUT2D eigenvalue weighted by molar-refractivity contribution is -0.122. The number of hydrogen-bond acceptors (Lipinski definition) is 5. The third kappa shape index (κ3) is 7.41. The quantitative estimate of drug-likeness (QED) is 0.160. The molecule has 8 heteroatoms. The van der Waals surface area contributed by atoms with E-state index < -0.39 is 5.54 Å². The molecule has 7 rings (SSSR count). The van der Waals surface area contributed by atoms with Crippen LogP contribution in [-0.4, -0.2) is 39.3 Å². The van der Waals surface area contributed by atoms with Crippen molar-refractivity contribution >= 4 is 57.0 Å². The second kappa shape index (κ2) is 16.2. The summed E-state index contributed by atoms with van der Waals surface area (Å²) in [5.74, 6) is 0.835. The number of thioether (sulfide) groups is 1. The van der Waals surface area contributed by atoms with Gasteiger partial charge in [-0.1, -0.05) is 107 Å². The first-order valence-corrected chi connectivity index (χ1v) is 19.5. The Kier molecular flexibility index (Phi) is 11.5. The predicted octanol–water partition coefficient (Wildman–Crippen LogP) is 9.78. The van der Waals surface area contributed by atoms with Crippen LogP contribution in [0.5, 0.6) is 0 Å². The van der Waals surface area contributed by atoms with Gasteiger partial charge >= 0.3 is 0 Å². The smallest absolute Gasteiger partial charge is 0.252 e. The first kappa shape index (κ1) is 35.5. The second-order valence-corrected chi connectivity index (χ2v) is 14.6. The van der Waals surface area contributed by atoms with Crippen LogP contribution in [0, 0.1) is 0 Å². The lowest BCUT2D eigenvalue weighted by Crippen LogP contribution is -2.55. The van der Waals surface area contributed by atoms with Gasteiger partial charge in [-0.15, -0.1) is 0 Å². The summed E-state index contributed by atoms with van der Waals surface area (Å²) in [7, 11) is 0.